The second kappa shape index (κ2) is 25.6. The molecule has 0 unspecified atom stereocenters. The number of guanidine groups is 1. The van der Waals surface area contributed by atoms with Crippen LogP contribution in [-0.2, 0) is 19.1 Å². The quantitative estimate of drug-likeness (QED) is 0.0470. The molecule has 9 heteroatoms. The lowest BCUT2D eigenvalue weighted by molar-refractivity contribution is -0.145. The molecule has 0 bridgehead atoms. The molecule has 9 nitrogen and oxygen atoms in total. The number of rotatable bonds is 26. The van der Waals surface area contributed by atoms with Crippen LogP contribution in [0, 0.1) is 5.92 Å². The van der Waals surface area contributed by atoms with Gasteiger partial charge < -0.3 is 26.8 Å². The maximum Gasteiger partial charge on any atom is 0.328 e. The van der Waals surface area contributed by atoms with Crippen molar-refractivity contribution in [3.63, 3.8) is 0 Å². The molecule has 0 aromatic rings. The third-order valence-corrected chi connectivity index (χ3v) is 7.11. The molecule has 0 rings (SSSR count). The van der Waals surface area contributed by atoms with Gasteiger partial charge in [-0.2, -0.15) is 0 Å². The van der Waals surface area contributed by atoms with Gasteiger partial charge in [0.25, 0.3) is 0 Å². The highest BCUT2D eigenvalue weighted by molar-refractivity contribution is 5.90. The number of carbonyl (C=O) groups excluding carboxylic acids is 3. The van der Waals surface area contributed by atoms with Crippen LogP contribution < -0.4 is 22.1 Å². The summed E-state index contributed by atoms with van der Waals surface area (Å²) in [6.45, 7) is 6.59. The molecule has 0 aromatic heterocycles. The first-order valence-corrected chi connectivity index (χ1v) is 15.9. The molecule has 2 amide bonds. The second-order valence-electron chi connectivity index (χ2n) is 11.5. The van der Waals surface area contributed by atoms with Gasteiger partial charge >= 0.3 is 5.97 Å². The topological polar surface area (TPSA) is 149 Å². The highest BCUT2D eigenvalue weighted by Gasteiger charge is 2.27. The lowest BCUT2D eigenvalue weighted by Crippen LogP contribution is -2.52. The van der Waals surface area contributed by atoms with Crippen molar-refractivity contribution < 1.29 is 19.1 Å². The number of hydrogen-bond donors (Lipinski definition) is 4. The van der Waals surface area contributed by atoms with Crippen LogP contribution in [0.25, 0.3) is 0 Å². The lowest BCUT2D eigenvalue weighted by atomic mass is 10.0. The Hall–Kier alpha value is -2.32. The normalized spacial score (nSPS) is 12.5. The van der Waals surface area contributed by atoms with Gasteiger partial charge in [0.2, 0.25) is 11.8 Å². The Morgan fingerprint density at radius 2 is 1.23 bits per heavy atom. The first-order valence-electron chi connectivity index (χ1n) is 15.9. The zero-order valence-electron chi connectivity index (χ0n) is 26.1. The van der Waals surface area contributed by atoms with Gasteiger partial charge in [0.05, 0.1) is 7.11 Å². The van der Waals surface area contributed by atoms with Crippen molar-refractivity contribution in [3.05, 3.63) is 0 Å². The molecule has 0 fully saturated rings. The summed E-state index contributed by atoms with van der Waals surface area (Å²) in [6.07, 6.45) is 20.8. The van der Waals surface area contributed by atoms with E-state index in [1.807, 2.05) is 13.8 Å². The van der Waals surface area contributed by atoms with Gasteiger partial charge in [0.1, 0.15) is 12.1 Å². The van der Waals surface area contributed by atoms with Gasteiger partial charge in [-0.25, -0.2) is 4.79 Å². The van der Waals surface area contributed by atoms with Crippen molar-refractivity contribution >= 4 is 23.7 Å². The number of amides is 2. The third kappa shape index (κ3) is 22.5. The first-order chi connectivity index (χ1) is 19.2. The number of nitrogens with one attached hydrogen (secondary N) is 2. The monoisotopic (exact) mass is 567 g/mol. The maximum absolute atomic E-state index is 13.0. The summed E-state index contributed by atoms with van der Waals surface area (Å²) < 4.78 is 4.84. The summed E-state index contributed by atoms with van der Waals surface area (Å²) in [5.74, 6) is -0.869. The number of methoxy groups -OCH3 is 1. The number of aliphatic imine (C=N–C) groups is 1. The predicted molar refractivity (Wildman–Crippen MR) is 165 cm³/mol. The van der Waals surface area contributed by atoms with Gasteiger partial charge in [-0.05, 0) is 31.6 Å². The SMILES string of the molecule is CCCCCCCCCCCCCCCCCC(=O)N[C@@H](CC(C)C)C(=O)N[C@@H](CCCN=C(N)N)C(=O)OC. The molecule has 6 N–H and O–H groups in total. The fourth-order valence-corrected chi connectivity index (χ4v) is 4.79. The van der Waals surface area contributed by atoms with E-state index < -0.39 is 18.1 Å². The Kier molecular flexibility index (Phi) is 24.1. The standard InChI is InChI=1S/C31H61N5O4/c1-5-6-7-8-9-10-11-12-13-14-15-16-17-18-19-22-28(37)35-27(24-25(2)3)29(38)36-26(30(39)40-4)21-20-23-34-31(32)33/h25-27H,5-24H2,1-4H3,(H,35,37)(H,36,38)(H4,32,33,34)/t26-,27-/m0/s1. The number of hydrogen-bond acceptors (Lipinski definition) is 5. The summed E-state index contributed by atoms with van der Waals surface area (Å²) in [6, 6.07) is -1.53. The van der Waals surface area contributed by atoms with Gasteiger partial charge in [-0.3, -0.25) is 14.6 Å². The van der Waals surface area contributed by atoms with Crippen molar-refractivity contribution in [3.8, 4) is 0 Å². The number of esters is 1. The Balaban J connectivity index is 4.24. The van der Waals surface area contributed by atoms with Crippen molar-refractivity contribution in [1.82, 2.24) is 10.6 Å². The number of unbranched alkanes of at least 4 members (excludes halogenated alkanes) is 14. The molecule has 0 spiro atoms. The Labute approximate surface area is 244 Å². The average molecular weight is 568 g/mol. The van der Waals surface area contributed by atoms with Crippen LogP contribution in [0.4, 0.5) is 0 Å². The number of nitrogens with zero attached hydrogens (tertiary/aromatic N) is 1. The minimum Gasteiger partial charge on any atom is -0.467 e. The van der Waals surface area contributed by atoms with Crippen LogP contribution in [0.2, 0.25) is 0 Å². The Morgan fingerprint density at radius 3 is 1.68 bits per heavy atom. The molecule has 0 heterocycles. The molecule has 0 radical (unpaired) electrons. The van der Waals surface area contributed by atoms with E-state index in [0.717, 1.165) is 19.3 Å². The summed E-state index contributed by atoms with van der Waals surface area (Å²) >= 11 is 0. The molecule has 0 saturated heterocycles. The first kappa shape index (κ1) is 37.7. The molecule has 40 heavy (non-hydrogen) atoms. The van der Waals surface area contributed by atoms with Crippen LogP contribution in [-0.4, -0.2) is 49.5 Å². The van der Waals surface area contributed by atoms with E-state index >= 15 is 0 Å². The molecular formula is C31H61N5O4. The van der Waals surface area contributed by atoms with Crippen molar-refractivity contribution in [2.24, 2.45) is 22.4 Å². The zero-order valence-corrected chi connectivity index (χ0v) is 26.1. The van der Waals surface area contributed by atoms with Crippen LogP contribution >= 0.6 is 0 Å². The number of nitrogens with two attached hydrogens (primary N) is 2. The molecule has 2 atom stereocenters. The molecule has 0 aliphatic heterocycles. The van der Waals surface area contributed by atoms with Gasteiger partial charge in [-0.1, -0.05) is 111 Å². The van der Waals surface area contributed by atoms with Gasteiger partial charge in [0, 0.05) is 13.0 Å². The minimum absolute atomic E-state index is 0.0209. The fourth-order valence-electron chi connectivity index (χ4n) is 4.79. The minimum atomic E-state index is -0.825. The largest absolute Gasteiger partial charge is 0.467 e. The van der Waals surface area contributed by atoms with Crippen LogP contribution in [0.1, 0.15) is 143 Å². The van der Waals surface area contributed by atoms with Crippen molar-refractivity contribution in [2.45, 2.75) is 155 Å². The van der Waals surface area contributed by atoms with E-state index in [1.165, 1.54) is 84.2 Å². The molecule has 0 saturated carbocycles. The van der Waals surface area contributed by atoms with Crippen LogP contribution in [0.15, 0.2) is 4.99 Å². The molecular weight excluding hydrogens is 506 g/mol. The smallest absolute Gasteiger partial charge is 0.328 e. The molecule has 0 aliphatic rings. The van der Waals surface area contributed by atoms with E-state index in [4.69, 9.17) is 16.2 Å². The average Bonchev–Trinajstić information content (AvgIpc) is 2.91. The molecule has 0 aromatic carbocycles. The predicted octanol–water partition coefficient (Wildman–Crippen LogP) is 5.49. The highest BCUT2D eigenvalue weighted by Crippen LogP contribution is 2.14. The van der Waals surface area contributed by atoms with Crippen molar-refractivity contribution in [2.75, 3.05) is 13.7 Å². The second-order valence-corrected chi connectivity index (χ2v) is 11.5. The van der Waals surface area contributed by atoms with E-state index in [2.05, 4.69) is 22.5 Å². The summed E-state index contributed by atoms with van der Waals surface area (Å²) in [5.41, 5.74) is 10.7. The van der Waals surface area contributed by atoms with E-state index in [9.17, 15) is 14.4 Å². The van der Waals surface area contributed by atoms with Crippen molar-refractivity contribution in [1.29, 1.82) is 0 Å². The summed E-state index contributed by atoms with van der Waals surface area (Å²) in [4.78, 5) is 41.7. The van der Waals surface area contributed by atoms with Gasteiger partial charge in [-0.15, -0.1) is 0 Å². The zero-order chi connectivity index (χ0) is 30.0. The van der Waals surface area contributed by atoms with E-state index in [0.29, 0.717) is 32.2 Å². The van der Waals surface area contributed by atoms with Gasteiger partial charge in [0.15, 0.2) is 5.96 Å². The molecule has 234 valence electrons. The maximum atomic E-state index is 13.0. The summed E-state index contributed by atoms with van der Waals surface area (Å²) in [7, 11) is 1.28. The lowest BCUT2D eigenvalue weighted by Gasteiger charge is -2.23. The number of carbonyl (C=O) groups is 3. The Bertz CT molecular complexity index is 695. The third-order valence-electron chi connectivity index (χ3n) is 7.11. The van der Waals surface area contributed by atoms with Crippen LogP contribution in [0.5, 0.6) is 0 Å². The van der Waals surface area contributed by atoms with E-state index in [-0.39, 0.29) is 23.7 Å². The number of ether oxygens (including phenoxy) is 1. The van der Waals surface area contributed by atoms with Crippen LogP contribution in [0.3, 0.4) is 0 Å². The fraction of sp³-hybridized carbons (Fsp3) is 0.871. The summed E-state index contributed by atoms with van der Waals surface area (Å²) in [5, 5.41) is 5.63. The highest BCUT2D eigenvalue weighted by atomic mass is 16.5. The molecule has 0 aliphatic carbocycles. The van der Waals surface area contributed by atoms with E-state index in [1.54, 1.807) is 0 Å². The Morgan fingerprint density at radius 1 is 0.725 bits per heavy atom.